The number of hydrogen-bond acceptors (Lipinski definition) is 2. The summed E-state index contributed by atoms with van der Waals surface area (Å²) >= 11 is 0. The maximum absolute atomic E-state index is 10.7. The fraction of sp³-hybridized carbons (Fsp3) is 0.923. The fourth-order valence-corrected chi connectivity index (χ4v) is 2.83. The summed E-state index contributed by atoms with van der Waals surface area (Å²) in [5, 5.41) is 8.85. The van der Waals surface area contributed by atoms with Crippen molar-refractivity contribution in [1.82, 2.24) is 4.90 Å². The van der Waals surface area contributed by atoms with Gasteiger partial charge in [0.15, 0.2) is 0 Å². The summed E-state index contributed by atoms with van der Waals surface area (Å²) in [4.78, 5) is 12.9. The summed E-state index contributed by atoms with van der Waals surface area (Å²) in [6.07, 6.45) is 6.27. The number of carbonyl (C=O) groups is 1. The van der Waals surface area contributed by atoms with E-state index in [4.69, 9.17) is 5.11 Å². The lowest BCUT2D eigenvalue weighted by Gasteiger charge is -2.31. The minimum Gasteiger partial charge on any atom is -0.480 e. The average molecular weight is 227 g/mol. The van der Waals surface area contributed by atoms with Crippen LogP contribution in [0.2, 0.25) is 0 Å². The molecule has 0 heterocycles. The first-order valence-electron chi connectivity index (χ1n) is 6.56. The van der Waals surface area contributed by atoms with Gasteiger partial charge in [0.25, 0.3) is 0 Å². The molecule has 1 aliphatic rings. The molecule has 0 aromatic carbocycles. The van der Waals surface area contributed by atoms with E-state index >= 15 is 0 Å². The second kappa shape index (κ2) is 6.89. The Kier molecular flexibility index (Phi) is 5.81. The molecule has 0 amide bonds. The zero-order valence-electron chi connectivity index (χ0n) is 10.6. The molecule has 0 aromatic heterocycles. The molecule has 3 nitrogen and oxygen atoms in total. The highest BCUT2D eigenvalue weighted by atomic mass is 16.4. The normalized spacial score (nSPS) is 25.9. The topological polar surface area (TPSA) is 40.5 Å². The van der Waals surface area contributed by atoms with Crippen LogP contribution in [0.1, 0.15) is 46.0 Å². The van der Waals surface area contributed by atoms with Crippen molar-refractivity contribution < 1.29 is 9.90 Å². The first-order chi connectivity index (χ1) is 7.61. The zero-order chi connectivity index (χ0) is 12.0. The quantitative estimate of drug-likeness (QED) is 0.758. The molecule has 3 heteroatoms. The largest absolute Gasteiger partial charge is 0.480 e. The molecule has 1 rings (SSSR count). The monoisotopic (exact) mass is 227 g/mol. The number of nitrogens with zero attached hydrogens (tertiary/aromatic N) is 1. The van der Waals surface area contributed by atoms with Crippen LogP contribution < -0.4 is 0 Å². The molecule has 0 aliphatic heterocycles. The molecule has 0 bridgehead atoms. The van der Waals surface area contributed by atoms with E-state index in [1.54, 1.807) is 0 Å². The van der Waals surface area contributed by atoms with E-state index < -0.39 is 5.97 Å². The lowest BCUT2D eigenvalue weighted by Crippen LogP contribution is -2.36. The molecular weight excluding hydrogens is 202 g/mol. The molecule has 1 saturated carbocycles. The van der Waals surface area contributed by atoms with E-state index in [1.807, 2.05) is 0 Å². The van der Waals surface area contributed by atoms with Gasteiger partial charge in [0.2, 0.25) is 0 Å². The maximum atomic E-state index is 10.7. The summed E-state index contributed by atoms with van der Waals surface area (Å²) in [5.41, 5.74) is 0. The summed E-state index contributed by atoms with van der Waals surface area (Å²) in [6.45, 7) is 6.52. The molecule has 0 spiro atoms. The highest BCUT2D eigenvalue weighted by molar-refractivity contribution is 5.69. The van der Waals surface area contributed by atoms with Crippen molar-refractivity contribution in [1.29, 1.82) is 0 Å². The third-order valence-electron chi connectivity index (χ3n) is 3.46. The number of rotatable bonds is 6. The molecule has 0 aromatic rings. The van der Waals surface area contributed by atoms with Gasteiger partial charge in [-0.2, -0.15) is 0 Å². The predicted octanol–water partition coefficient (Wildman–Crippen LogP) is 2.61. The van der Waals surface area contributed by atoms with Crippen molar-refractivity contribution >= 4 is 5.97 Å². The summed E-state index contributed by atoms with van der Waals surface area (Å²) in [7, 11) is 0. The minimum absolute atomic E-state index is 0.207. The Labute approximate surface area is 98.8 Å². The SMILES string of the molecule is CCCN(CC(=O)O)CC1CCCC(C)C1. The molecule has 94 valence electrons. The average Bonchev–Trinajstić information content (AvgIpc) is 2.16. The lowest BCUT2D eigenvalue weighted by molar-refractivity contribution is -0.138. The Hall–Kier alpha value is -0.570. The van der Waals surface area contributed by atoms with Crippen LogP contribution in [0, 0.1) is 11.8 Å². The van der Waals surface area contributed by atoms with Crippen LogP contribution in [0.4, 0.5) is 0 Å². The van der Waals surface area contributed by atoms with Gasteiger partial charge in [0, 0.05) is 6.54 Å². The van der Waals surface area contributed by atoms with Crippen LogP contribution in [0.25, 0.3) is 0 Å². The zero-order valence-corrected chi connectivity index (χ0v) is 10.6. The molecule has 16 heavy (non-hydrogen) atoms. The van der Waals surface area contributed by atoms with Crippen molar-refractivity contribution in [3.63, 3.8) is 0 Å². The Morgan fingerprint density at radius 1 is 1.44 bits per heavy atom. The summed E-state index contributed by atoms with van der Waals surface area (Å²) in [5.74, 6) is 0.846. The van der Waals surface area contributed by atoms with E-state index in [0.29, 0.717) is 0 Å². The maximum Gasteiger partial charge on any atom is 0.317 e. The van der Waals surface area contributed by atoms with Crippen molar-refractivity contribution in [2.75, 3.05) is 19.6 Å². The van der Waals surface area contributed by atoms with Crippen LogP contribution in [-0.2, 0) is 4.79 Å². The van der Waals surface area contributed by atoms with Crippen LogP contribution in [0.3, 0.4) is 0 Å². The van der Waals surface area contributed by atoms with Crippen molar-refractivity contribution in [2.45, 2.75) is 46.0 Å². The van der Waals surface area contributed by atoms with E-state index in [0.717, 1.165) is 31.3 Å². The van der Waals surface area contributed by atoms with Gasteiger partial charge in [-0.15, -0.1) is 0 Å². The van der Waals surface area contributed by atoms with Gasteiger partial charge in [-0.05, 0) is 37.6 Å². The van der Waals surface area contributed by atoms with Crippen molar-refractivity contribution in [2.24, 2.45) is 11.8 Å². The Balaban J connectivity index is 2.37. The van der Waals surface area contributed by atoms with Crippen LogP contribution in [0.5, 0.6) is 0 Å². The molecule has 1 fully saturated rings. The van der Waals surface area contributed by atoms with Crippen LogP contribution in [-0.4, -0.2) is 35.6 Å². The highest BCUT2D eigenvalue weighted by Gasteiger charge is 2.21. The van der Waals surface area contributed by atoms with Gasteiger partial charge in [0.1, 0.15) is 0 Å². The van der Waals surface area contributed by atoms with Gasteiger partial charge < -0.3 is 5.11 Å². The van der Waals surface area contributed by atoms with E-state index in [9.17, 15) is 4.79 Å². The van der Waals surface area contributed by atoms with Gasteiger partial charge in [-0.25, -0.2) is 0 Å². The Bertz CT molecular complexity index is 218. The summed E-state index contributed by atoms with van der Waals surface area (Å²) in [6, 6.07) is 0. The molecule has 1 aliphatic carbocycles. The number of carboxylic acid groups (broad SMARTS) is 1. The Morgan fingerprint density at radius 2 is 2.19 bits per heavy atom. The second-order valence-electron chi connectivity index (χ2n) is 5.27. The third kappa shape index (κ3) is 4.97. The number of carboxylic acids is 1. The van der Waals surface area contributed by atoms with Crippen molar-refractivity contribution in [3.05, 3.63) is 0 Å². The smallest absolute Gasteiger partial charge is 0.317 e. The standard InChI is InChI=1S/C13H25NO2/c1-3-7-14(10-13(15)16)9-12-6-4-5-11(2)8-12/h11-12H,3-10H2,1-2H3,(H,15,16). The number of aliphatic carboxylic acids is 1. The third-order valence-corrected chi connectivity index (χ3v) is 3.46. The van der Waals surface area contributed by atoms with Gasteiger partial charge in [-0.1, -0.05) is 26.7 Å². The van der Waals surface area contributed by atoms with E-state index in [-0.39, 0.29) is 6.54 Å². The lowest BCUT2D eigenvalue weighted by atomic mass is 9.82. The molecule has 2 atom stereocenters. The van der Waals surface area contributed by atoms with Crippen LogP contribution >= 0.6 is 0 Å². The summed E-state index contributed by atoms with van der Waals surface area (Å²) < 4.78 is 0. The van der Waals surface area contributed by atoms with Crippen LogP contribution in [0.15, 0.2) is 0 Å². The van der Waals surface area contributed by atoms with Gasteiger partial charge in [0.05, 0.1) is 6.54 Å². The second-order valence-corrected chi connectivity index (χ2v) is 5.27. The molecular formula is C13H25NO2. The van der Waals surface area contributed by atoms with E-state index in [1.165, 1.54) is 25.7 Å². The Morgan fingerprint density at radius 3 is 2.75 bits per heavy atom. The first-order valence-corrected chi connectivity index (χ1v) is 6.56. The van der Waals surface area contributed by atoms with Crippen molar-refractivity contribution in [3.8, 4) is 0 Å². The minimum atomic E-state index is -0.697. The first kappa shape index (κ1) is 13.5. The van der Waals surface area contributed by atoms with Gasteiger partial charge in [-0.3, -0.25) is 9.69 Å². The predicted molar refractivity (Wildman–Crippen MR) is 65.5 cm³/mol. The highest BCUT2D eigenvalue weighted by Crippen LogP contribution is 2.29. The fourth-order valence-electron chi connectivity index (χ4n) is 2.83. The van der Waals surface area contributed by atoms with Gasteiger partial charge >= 0.3 is 5.97 Å². The number of hydrogen-bond donors (Lipinski definition) is 1. The molecule has 2 unspecified atom stereocenters. The molecule has 1 N–H and O–H groups in total. The van der Waals surface area contributed by atoms with E-state index in [2.05, 4.69) is 18.7 Å². The molecule has 0 saturated heterocycles. The molecule has 0 radical (unpaired) electrons.